The first kappa shape index (κ1) is 20.8. The topological polar surface area (TPSA) is 73.2 Å². The molecule has 1 amide bonds. The van der Waals surface area contributed by atoms with Crippen molar-refractivity contribution in [3.63, 3.8) is 0 Å². The highest BCUT2D eigenvalue weighted by Crippen LogP contribution is 2.35. The summed E-state index contributed by atoms with van der Waals surface area (Å²) in [5.41, 5.74) is 1.50. The SMILES string of the molecule is COCCNC(=O)CSc1nc2scc(-c3cccs3)c2c(=O)n1-c1ccccc1. The standard InChI is InChI=1S/C21H19N3O3S3/c1-27-10-9-22-17(25)13-30-21-23-19-18(15(12-29-19)16-8-5-11-28-16)20(26)24(21)14-6-3-2-4-7-14/h2-8,11-12H,9-10,13H2,1H3,(H,22,25). The highest BCUT2D eigenvalue weighted by atomic mass is 32.2. The molecular formula is C21H19N3O3S3. The molecule has 0 fully saturated rings. The van der Waals surface area contributed by atoms with E-state index in [9.17, 15) is 9.59 Å². The van der Waals surface area contributed by atoms with E-state index in [-0.39, 0.29) is 17.2 Å². The maximum Gasteiger partial charge on any atom is 0.268 e. The molecular weight excluding hydrogens is 438 g/mol. The Morgan fingerprint density at radius 3 is 2.77 bits per heavy atom. The van der Waals surface area contributed by atoms with Gasteiger partial charge in [0, 0.05) is 29.5 Å². The molecule has 0 aliphatic rings. The molecule has 0 saturated carbocycles. The number of thiophene rings is 2. The van der Waals surface area contributed by atoms with Crippen LogP contribution in [0.4, 0.5) is 0 Å². The largest absolute Gasteiger partial charge is 0.383 e. The number of ether oxygens (including phenoxy) is 1. The van der Waals surface area contributed by atoms with E-state index in [1.807, 2.05) is 53.2 Å². The Hall–Kier alpha value is -2.46. The van der Waals surface area contributed by atoms with Gasteiger partial charge in [-0.15, -0.1) is 22.7 Å². The average Bonchev–Trinajstić information content (AvgIpc) is 3.43. The summed E-state index contributed by atoms with van der Waals surface area (Å²) in [6.45, 7) is 0.902. The fourth-order valence-electron chi connectivity index (χ4n) is 2.96. The first-order chi connectivity index (χ1) is 14.7. The van der Waals surface area contributed by atoms with Gasteiger partial charge in [-0.3, -0.25) is 14.2 Å². The minimum Gasteiger partial charge on any atom is -0.383 e. The smallest absolute Gasteiger partial charge is 0.268 e. The number of aromatic nitrogens is 2. The number of rotatable bonds is 8. The molecule has 1 N–H and O–H groups in total. The van der Waals surface area contributed by atoms with Crippen molar-refractivity contribution in [1.82, 2.24) is 14.9 Å². The predicted octanol–water partition coefficient (Wildman–Crippen LogP) is 4.03. The van der Waals surface area contributed by atoms with Gasteiger partial charge in [0.1, 0.15) is 4.83 Å². The number of carbonyl (C=O) groups excluding carboxylic acids is 1. The fraction of sp³-hybridized carbons (Fsp3) is 0.190. The second-order valence-corrected chi connectivity index (χ2v) is 9.06. The van der Waals surface area contributed by atoms with Gasteiger partial charge in [-0.2, -0.15) is 0 Å². The Morgan fingerprint density at radius 1 is 1.20 bits per heavy atom. The first-order valence-electron chi connectivity index (χ1n) is 9.21. The number of thioether (sulfide) groups is 1. The molecule has 4 rings (SSSR count). The maximum atomic E-state index is 13.6. The van der Waals surface area contributed by atoms with Gasteiger partial charge in [0.2, 0.25) is 5.91 Å². The predicted molar refractivity (Wildman–Crippen MR) is 124 cm³/mol. The van der Waals surface area contributed by atoms with Crippen LogP contribution >= 0.6 is 34.4 Å². The summed E-state index contributed by atoms with van der Waals surface area (Å²) in [7, 11) is 1.59. The van der Waals surface area contributed by atoms with Crippen molar-refractivity contribution in [3.8, 4) is 16.1 Å². The molecule has 0 aliphatic carbocycles. The van der Waals surface area contributed by atoms with Crippen LogP contribution in [-0.4, -0.2) is 41.5 Å². The van der Waals surface area contributed by atoms with Gasteiger partial charge in [-0.1, -0.05) is 36.0 Å². The molecule has 0 radical (unpaired) electrons. The van der Waals surface area contributed by atoms with Crippen molar-refractivity contribution in [3.05, 3.63) is 63.6 Å². The molecule has 1 aromatic carbocycles. The highest BCUT2D eigenvalue weighted by molar-refractivity contribution is 7.99. The number of hydrogen-bond acceptors (Lipinski definition) is 7. The quantitative estimate of drug-likeness (QED) is 0.246. The summed E-state index contributed by atoms with van der Waals surface area (Å²) >= 11 is 4.30. The van der Waals surface area contributed by atoms with Crippen molar-refractivity contribution >= 4 is 50.6 Å². The Kier molecular flexibility index (Phi) is 6.63. The van der Waals surface area contributed by atoms with Crippen LogP contribution < -0.4 is 10.9 Å². The molecule has 3 heterocycles. The number of para-hydroxylation sites is 1. The number of hydrogen-bond donors (Lipinski definition) is 1. The van der Waals surface area contributed by atoms with Crippen LogP contribution in [0.25, 0.3) is 26.3 Å². The van der Waals surface area contributed by atoms with Crippen LogP contribution in [0.1, 0.15) is 0 Å². The molecule has 9 heteroatoms. The van der Waals surface area contributed by atoms with Crippen LogP contribution in [0.3, 0.4) is 0 Å². The van der Waals surface area contributed by atoms with E-state index < -0.39 is 0 Å². The highest BCUT2D eigenvalue weighted by Gasteiger charge is 2.19. The Morgan fingerprint density at radius 2 is 2.03 bits per heavy atom. The molecule has 0 saturated heterocycles. The van der Waals surface area contributed by atoms with E-state index in [0.717, 1.165) is 16.1 Å². The van der Waals surface area contributed by atoms with Gasteiger partial charge in [0.15, 0.2) is 5.16 Å². The van der Waals surface area contributed by atoms with Gasteiger partial charge in [-0.05, 0) is 23.6 Å². The summed E-state index contributed by atoms with van der Waals surface area (Å²) in [5.74, 6) is 0.0361. The molecule has 3 aromatic heterocycles. The maximum absolute atomic E-state index is 13.6. The normalized spacial score (nSPS) is 11.1. The van der Waals surface area contributed by atoms with Gasteiger partial charge in [0.25, 0.3) is 5.56 Å². The zero-order valence-electron chi connectivity index (χ0n) is 16.2. The van der Waals surface area contributed by atoms with E-state index >= 15 is 0 Å². The minimum atomic E-state index is -0.128. The van der Waals surface area contributed by atoms with Crippen molar-refractivity contribution in [2.45, 2.75) is 5.16 Å². The van der Waals surface area contributed by atoms with E-state index in [4.69, 9.17) is 9.72 Å². The Balaban J connectivity index is 1.76. The van der Waals surface area contributed by atoms with E-state index in [2.05, 4.69) is 5.32 Å². The number of methoxy groups -OCH3 is 1. The van der Waals surface area contributed by atoms with Crippen LogP contribution in [0, 0.1) is 0 Å². The van der Waals surface area contributed by atoms with E-state index in [1.54, 1.807) is 23.0 Å². The second-order valence-electron chi connectivity index (χ2n) is 6.31. The summed E-state index contributed by atoms with van der Waals surface area (Å²) in [6, 6.07) is 13.4. The number of amides is 1. The van der Waals surface area contributed by atoms with Crippen molar-refractivity contribution in [1.29, 1.82) is 0 Å². The molecule has 0 spiro atoms. The molecule has 6 nitrogen and oxygen atoms in total. The lowest BCUT2D eigenvalue weighted by molar-refractivity contribution is -0.118. The van der Waals surface area contributed by atoms with Crippen molar-refractivity contribution in [2.75, 3.05) is 26.0 Å². The minimum absolute atomic E-state index is 0.127. The van der Waals surface area contributed by atoms with E-state index in [1.165, 1.54) is 23.1 Å². The third-order valence-electron chi connectivity index (χ3n) is 4.34. The fourth-order valence-corrected chi connectivity index (χ4v) is 5.61. The first-order valence-corrected chi connectivity index (χ1v) is 12.0. The van der Waals surface area contributed by atoms with Gasteiger partial charge in [-0.25, -0.2) is 4.98 Å². The van der Waals surface area contributed by atoms with Gasteiger partial charge < -0.3 is 10.1 Å². The summed E-state index contributed by atoms with van der Waals surface area (Å²) in [5, 5.41) is 7.88. The summed E-state index contributed by atoms with van der Waals surface area (Å²) < 4.78 is 6.55. The Labute approximate surface area is 185 Å². The number of benzene rings is 1. The lowest BCUT2D eigenvalue weighted by Crippen LogP contribution is -2.29. The van der Waals surface area contributed by atoms with Gasteiger partial charge in [0.05, 0.1) is 23.4 Å². The lowest BCUT2D eigenvalue weighted by atomic mass is 10.2. The number of fused-ring (bicyclic) bond motifs is 1. The lowest BCUT2D eigenvalue weighted by Gasteiger charge is -2.12. The molecule has 0 aliphatic heterocycles. The molecule has 0 atom stereocenters. The number of nitrogens with one attached hydrogen (secondary N) is 1. The van der Waals surface area contributed by atoms with Gasteiger partial charge >= 0.3 is 0 Å². The van der Waals surface area contributed by atoms with E-state index in [0.29, 0.717) is 28.5 Å². The Bertz CT molecular complexity index is 1200. The zero-order chi connectivity index (χ0) is 20.9. The molecule has 4 aromatic rings. The van der Waals surface area contributed by atoms with Crippen LogP contribution in [0.2, 0.25) is 0 Å². The third kappa shape index (κ3) is 4.34. The summed E-state index contributed by atoms with van der Waals surface area (Å²) in [6.07, 6.45) is 0. The third-order valence-corrected chi connectivity index (χ3v) is 7.05. The van der Waals surface area contributed by atoms with Crippen molar-refractivity contribution < 1.29 is 9.53 Å². The average molecular weight is 458 g/mol. The van der Waals surface area contributed by atoms with Crippen molar-refractivity contribution in [2.24, 2.45) is 0 Å². The molecule has 0 unspecified atom stereocenters. The molecule has 0 bridgehead atoms. The number of nitrogens with zero attached hydrogens (tertiary/aromatic N) is 2. The monoisotopic (exact) mass is 457 g/mol. The van der Waals surface area contributed by atoms with Crippen LogP contribution in [0.15, 0.2) is 63.2 Å². The van der Waals surface area contributed by atoms with Crippen LogP contribution in [-0.2, 0) is 9.53 Å². The molecule has 30 heavy (non-hydrogen) atoms. The number of carbonyl (C=O) groups is 1. The molecule has 154 valence electrons. The zero-order valence-corrected chi connectivity index (χ0v) is 18.6. The second kappa shape index (κ2) is 9.57. The van der Waals surface area contributed by atoms with Crippen LogP contribution in [0.5, 0.6) is 0 Å². The summed E-state index contributed by atoms with van der Waals surface area (Å²) in [4.78, 5) is 32.2.